The molecule has 2 N–H and O–H groups in total. The number of nitrogens with one attached hydrogen (secondary N) is 2. The molecule has 2 rings (SSSR count). The van der Waals surface area contributed by atoms with Gasteiger partial charge in [0.05, 0.1) is 11.4 Å². The Labute approximate surface area is 134 Å². The van der Waals surface area contributed by atoms with Crippen LogP contribution in [0.25, 0.3) is 0 Å². The molecular formula is C14H19N3O3S2. The first-order valence-electron chi connectivity index (χ1n) is 7.03. The van der Waals surface area contributed by atoms with Gasteiger partial charge in [0.15, 0.2) is 5.17 Å². The highest BCUT2D eigenvalue weighted by Crippen LogP contribution is 2.13. The Hall–Kier alpha value is -1.38. The number of hydrogen-bond donors (Lipinski definition) is 2. The minimum atomic E-state index is -3.55. The Balaban J connectivity index is 2.07. The molecule has 0 fully saturated rings. The summed E-state index contributed by atoms with van der Waals surface area (Å²) in [5.74, 6) is 0.584. The number of amides is 1. The van der Waals surface area contributed by atoms with Gasteiger partial charge in [0.1, 0.15) is 0 Å². The van der Waals surface area contributed by atoms with Crippen LogP contribution in [0.5, 0.6) is 0 Å². The summed E-state index contributed by atoms with van der Waals surface area (Å²) in [6, 6.07) is 5.73. The molecule has 0 radical (unpaired) electrons. The van der Waals surface area contributed by atoms with Crippen molar-refractivity contribution < 1.29 is 13.2 Å². The predicted octanol–water partition coefficient (Wildman–Crippen LogP) is 1.60. The molecule has 0 bridgehead atoms. The molecule has 0 saturated heterocycles. The molecule has 1 heterocycles. The monoisotopic (exact) mass is 341 g/mol. The lowest BCUT2D eigenvalue weighted by Gasteiger charge is -2.12. The molecule has 0 saturated carbocycles. The maximum atomic E-state index is 12.1. The first-order valence-corrected chi connectivity index (χ1v) is 9.50. The second-order valence-corrected chi connectivity index (χ2v) is 7.74. The van der Waals surface area contributed by atoms with E-state index in [0.717, 1.165) is 5.75 Å². The van der Waals surface area contributed by atoms with E-state index in [4.69, 9.17) is 0 Å². The standard InChI is InChI=1S/C14H19N3O3S2/c1-3-10(2)17-22(19,20)12-6-4-11(5-7-12)13(18)16-14-15-8-9-21-14/h4-7,10,17H,3,8-9H2,1-2H3,(H,15,16,18). The van der Waals surface area contributed by atoms with Crippen molar-refractivity contribution in [3.05, 3.63) is 29.8 Å². The van der Waals surface area contributed by atoms with Crippen molar-refractivity contribution in [3.63, 3.8) is 0 Å². The molecule has 1 aromatic rings. The van der Waals surface area contributed by atoms with Gasteiger partial charge in [-0.2, -0.15) is 0 Å². The highest BCUT2D eigenvalue weighted by Gasteiger charge is 2.18. The molecule has 1 amide bonds. The third kappa shape index (κ3) is 4.31. The largest absolute Gasteiger partial charge is 0.301 e. The average molecular weight is 341 g/mol. The van der Waals surface area contributed by atoms with Crippen LogP contribution in [0.3, 0.4) is 0 Å². The zero-order valence-corrected chi connectivity index (χ0v) is 14.1. The number of benzene rings is 1. The number of carbonyl (C=O) groups is 1. The number of thioether (sulfide) groups is 1. The van der Waals surface area contributed by atoms with Crippen LogP contribution in [0.2, 0.25) is 0 Å². The lowest BCUT2D eigenvalue weighted by atomic mass is 10.2. The van der Waals surface area contributed by atoms with E-state index in [9.17, 15) is 13.2 Å². The van der Waals surface area contributed by atoms with Crippen LogP contribution in [-0.4, -0.2) is 37.8 Å². The maximum Gasteiger partial charge on any atom is 0.257 e. The summed E-state index contributed by atoms with van der Waals surface area (Å²) in [6.07, 6.45) is 0.708. The summed E-state index contributed by atoms with van der Waals surface area (Å²) < 4.78 is 26.8. The number of aliphatic imine (C=N–C) groups is 1. The summed E-state index contributed by atoms with van der Waals surface area (Å²) >= 11 is 1.49. The molecular weight excluding hydrogens is 322 g/mol. The van der Waals surface area contributed by atoms with Crippen LogP contribution in [0.1, 0.15) is 30.6 Å². The molecule has 1 atom stereocenters. The minimum Gasteiger partial charge on any atom is -0.301 e. The van der Waals surface area contributed by atoms with E-state index >= 15 is 0 Å². The van der Waals surface area contributed by atoms with Crippen LogP contribution in [0.15, 0.2) is 34.2 Å². The van der Waals surface area contributed by atoms with E-state index in [2.05, 4.69) is 15.0 Å². The first-order chi connectivity index (χ1) is 10.4. The third-order valence-corrected chi connectivity index (χ3v) is 5.70. The van der Waals surface area contributed by atoms with E-state index in [0.29, 0.717) is 23.7 Å². The van der Waals surface area contributed by atoms with Crippen molar-refractivity contribution in [2.75, 3.05) is 12.3 Å². The third-order valence-electron chi connectivity index (χ3n) is 3.20. The van der Waals surface area contributed by atoms with Gasteiger partial charge >= 0.3 is 0 Å². The van der Waals surface area contributed by atoms with Crippen molar-refractivity contribution in [1.82, 2.24) is 10.0 Å². The van der Waals surface area contributed by atoms with Gasteiger partial charge in [0, 0.05) is 17.4 Å². The Morgan fingerprint density at radius 3 is 2.59 bits per heavy atom. The summed E-state index contributed by atoms with van der Waals surface area (Å²) in [4.78, 5) is 16.3. The van der Waals surface area contributed by atoms with Crippen LogP contribution >= 0.6 is 11.8 Å². The fourth-order valence-electron chi connectivity index (χ4n) is 1.78. The van der Waals surface area contributed by atoms with Crippen molar-refractivity contribution in [2.24, 2.45) is 4.99 Å². The van der Waals surface area contributed by atoms with Gasteiger partial charge in [-0.1, -0.05) is 18.7 Å². The zero-order valence-electron chi connectivity index (χ0n) is 12.5. The van der Waals surface area contributed by atoms with Gasteiger partial charge in [-0.05, 0) is 37.6 Å². The van der Waals surface area contributed by atoms with Gasteiger partial charge in [-0.3, -0.25) is 9.79 Å². The summed E-state index contributed by atoms with van der Waals surface area (Å²) in [6.45, 7) is 4.42. The molecule has 1 aromatic carbocycles. The van der Waals surface area contributed by atoms with Crippen molar-refractivity contribution in [2.45, 2.75) is 31.2 Å². The number of sulfonamides is 1. The lowest BCUT2D eigenvalue weighted by Crippen LogP contribution is -2.32. The minimum absolute atomic E-state index is 0.134. The fraction of sp³-hybridized carbons (Fsp3) is 0.429. The predicted molar refractivity (Wildman–Crippen MR) is 88.7 cm³/mol. The van der Waals surface area contributed by atoms with E-state index in [1.165, 1.54) is 36.0 Å². The van der Waals surface area contributed by atoms with Gasteiger partial charge in [-0.15, -0.1) is 0 Å². The SMILES string of the molecule is CCC(C)NS(=O)(=O)c1ccc(C(=O)NC2=NCCS2)cc1. The molecule has 8 heteroatoms. The first kappa shape index (κ1) is 17.0. The number of nitrogens with zero attached hydrogens (tertiary/aromatic N) is 1. The molecule has 0 aromatic heterocycles. The Bertz CT molecular complexity index is 669. The lowest BCUT2D eigenvalue weighted by molar-refractivity contribution is 0.0978. The van der Waals surface area contributed by atoms with Crippen molar-refractivity contribution in [1.29, 1.82) is 0 Å². The normalized spacial score (nSPS) is 16.2. The van der Waals surface area contributed by atoms with Crippen LogP contribution in [0.4, 0.5) is 0 Å². The Kier molecular flexibility index (Phi) is 5.60. The van der Waals surface area contributed by atoms with Crippen molar-refractivity contribution in [3.8, 4) is 0 Å². The van der Waals surface area contributed by atoms with Gasteiger partial charge < -0.3 is 5.32 Å². The topological polar surface area (TPSA) is 87.6 Å². The van der Waals surface area contributed by atoms with Gasteiger partial charge in [0.25, 0.3) is 5.91 Å². The van der Waals surface area contributed by atoms with E-state index in [1.807, 2.05) is 6.92 Å². The molecule has 22 heavy (non-hydrogen) atoms. The van der Waals surface area contributed by atoms with Gasteiger partial charge in [-0.25, -0.2) is 13.1 Å². The second-order valence-electron chi connectivity index (χ2n) is 4.94. The van der Waals surface area contributed by atoms with E-state index in [1.54, 1.807) is 6.92 Å². The molecule has 1 aliphatic rings. The Morgan fingerprint density at radius 1 is 1.36 bits per heavy atom. The fourth-order valence-corrected chi connectivity index (χ4v) is 3.83. The van der Waals surface area contributed by atoms with E-state index < -0.39 is 10.0 Å². The molecule has 6 nitrogen and oxygen atoms in total. The Morgan fingerprint density at radius 2 is 2.05 bits per heavy atom. The van der Waals surface area contributed by atoms with Crippen LogP contribution in [0, 0.1) is 0 Å². The second kappa shape index (κ2) is 7.26. The number of hydrogen-bond acceptors (Lipinski definition) is 5. The van der Waals surface area contributed by atoms with Crippen molar-refractivity contribution >= 4 is 32.9 Å². The number of amidine groups is 1. The van der Waals surface area contributed by atoms with E-state index in [-0.39, 0.29) is 16.8 Å². The van der Waals surface area contributed by atoms with Crippen LogP contribution < -0.4 is 10.0 Å². The smallest absolute Gasteiger partial charge is 0.257 e. The molecule has 120 valence electrons. The summed E-state index contributed by atoms with van der Waals surface area (Å²) in [5, 5.41) is 3.31. The summed E-state index contributed by atoms with van der Waals surface area (Å²) in [7, 11) is -3.55. The number of carbonyl (C=O) groups excluding carboxylic acids is 1. The highest BCUT2D eigenvalue weighted by atomic mass is 32.2. The highest BCUT2D eigenvalue weighted by molar-refractivity contribution is 8.14. The average Bonchev–Trinajstić information content (AvgIpc) is 2.99. The molecule has 1 aliphatic heterocycles. The number of rotatable bonds is 5. The zero-order chi connectivity index (χ0) is 16.2. The molecule has 0 aliphatic carbocycles. The maximum absolute atomic E-state index is 12.1. The van der Waals surface area contributed by atoms with Crippen LogP contribution in [-0.2, 0) is 10.0 Å². The molecule has 0 spiro atoms. The van der Waals surface area contributed by atoms with Gasteiger partial charge in [0.2, 0.25) is 10.0 Å². The quantitative estimate of drug-likeness (QED) is 0.851. The molecule has 1 unspecified atom stereocenters. The summed E-state index contributed by atoms with van der Waals surface area (Å²) in [5.41, 5.74) is 0.401.